The van der Waals surface area contributed by atoms with Crippen LogP contribution in [-0.2, 0) is 11.3 Å². The van der Waals surface area contributed by atoms with Crippen LogP contribution in [0.3, 0.4) is 0 Å². The third kappa shape index (κ3) is 3.57. The van der Waals surface area contributed by atoms with Gasteiger partial charge < -0.3 is 10.2 Å². The zero-order valence-corrected chi connectivity index (χ0v) is 8.82. The Labute approximate surface area is 83.7 Å². The van der Waals surface area contributed by atoms with Gasteiger partial charge in [-0.3, -0.25) is 9.48 Å². The van der Waals surface area contributed by atoms with Gasteiger partial charge in [0, 0.05) is 19.7 Å². The molecule has 1 heterocycles. The molecule has 0 saturated carbocycles. The molecule has 5 nitrogen and oxygen atoms in total. The van der Waals surface area contributed by atoms with Crippen LogP contribution in [-0.4, -0.2) is 41.2 Å². The largest absolute Gasteiger partial charge is 0.324 e. The molecule has 0 saturated heterocycles. The lowest BCUT2D eigenvalue weighted by Gasteiger charge is -2.08. The van der Waals surface area contributed by atoms with Gasteiger partial charge in [-0.1, -0.05) is 0 Å². The lowest BCUT2D eigenvalue weighted by molar-refractivity contribution is -0.114. The monoisotopic (exact) mass is 196 g/mol. The van der Waals surface area contributed by atoms with Crippen LogP contribution < -0.4 is 5.32 Å². The summed E-state index contributed by atoms with van der Waals surface area (Å²) in [6.07, 6.45) is 3.47. The summed E-state index contributed by atoms with van der Waals surface area (Å²) in [6.45, 7) is 3.24. The molecule has 0 unspecified atom stereocenters. The smallest absolute Gasteiger partial charge is 0.221 e. The Morgan fingerprint density at radius 2 is 2.36 bits per heavy atom. The lowest BCUT2D eigenvalue weighted by atomic mass is 10.5. The van der Waals surface area contributed by atoms with Gasteiger partial charge >= 0.3 is 0 Å². The zero-order chi connectivity index (χ0) is 10.6. The number of anilines is 1. The number of rotatable bonds is 4. The number of nitrogens with one attached hydrogen (secondary N) is 1. The standard InChI is InChI=1S/C9H16N4O/c1-8(14)11-9-6-10-13(7-9)5-4-12(2)3/h6-7H,4-5H2,1-3H3,(H,11,14). The van der Waals surface area contributed by atoms with Gasteiger partial charge in [-0.25, -0.2) is 0 Å². The minimum atomic E-state index is -0.0721. The van der Waals surface area contributed by atoms with Gasteiger partial charge in [0.05, 0.1) is 18.4 Å². The fraction of sp³-hybridized carbons (Fsp3) is 0.556. The number of likely N-dealkylation sites (N-methyl/N-ethyl adjacent to an activating group) is 1. The molecular weight excluding hydrogens is 180 g/mol. The van der Waals surface area contributed by atoms with Gasteiger partial charge in [-0.2, -0.15) is 5.10 Å². The Balaban J connectivity index is 2.46. The van der Waals surface area contributed by atoms with Crippen molar-refractivity contribution in [2.24, 2.45) is 0 Å². The van der Waals surface area contributed by atoms with Crippen LogP contribution in [0.1, 0.15) is 6.92 Å². The van der Waals surface area contributed by atoms with Gasteiger partial charge in [0.2, 0.25) is 5.91 Å². The number of amides is 1. The topological polar surface area (TPSA) is 50.2 Å². The summed E-state index contributed by atoms with van der Waals surface area (Å²) in [5, 5.41) is 6.79. The quantitative estimate of drug-likeness (QED) is 0.758. The van der Waals surface area contributed by atoms with E-state index in [-0.39, 0.29) is 5.91 Å². The Morgan fingerprint density at radius 1 is 1.64 bits per heavy atom. The molecule has 0 aliphatic rings. The van der Waals surface area contributed by atoms with Crippen LogP contribution >= 0.6 is 0 Å². The van der Waals surface area contributed by atoms with Crippen molar-refractivity contribution in [3.05, 3.63) is 12.4 Å². The Hall–Kier alpha value is -1.36. The molecule has 0 atom stereocenters. The second kappa shape index (κ2) is 4.76. The van der Waals surface area contributed by atoms with Gasteiger partial charge in [0.25, 0.3) is 0 Å². The highest BCUT2D eigenvalue weighted by molar-refractivity contribution is 5.88. The molecule has 1 rings (SSSR count). The van der Waals surface area contributed by atoms with Crippen LogP contribution in [0, 0.1) is 0 Å². The maximum Gasteiger partial charge on any atom is 0.221 e. The highest BCUT2D eigenvalue weighted by Crippen LogP contribution is 2.03. The van der Waals surface area contributed by atoms with Gasteiger partial charge in [-0.05, 0) is 14.1 Å². The highest BCUT2D eigenvalue weighted by atomic mass is 16.1. The minimum absolute atomic E-state index is 0.0721. The second-order valence-electron chi connectivity index (χ2n) is 3.48. The minimum Gasteiger partial charge on any atom is -0.324 e. The molecule has 0 radical (unpaired) electrons. The van der Waals surface area contributed by atoms with Crippen LogP contribution in [0.2, 0.25) is 0 Å². The van der Waals surface area contributed by atoms with E-state index in [0.29, 0.717) is 0 Å². The maximum atomic E-state index is 10.7. The van der Waals surface area contributed by atoms with Gasteiger partial charge in [0.15, 0.2) is 0 Å². The molecule has 0 spiro atoms. The number of hydrogen-bond acceptors (Lipinski definition) is 3. The summed E-state index contributed by atoms with van der Waals surface area (Å²) < 4.78 is 1.81. The molecule has 0 aromatic carbocycles. The van der Waals surface area contributed by atoms with Crippen LogP contribution in [0.15, 0.2) is 12.4 Å². The van der Waals surface area contributed by atoms with E-state index in [1.807, 2.05) is 25.0 Å². The van der Waals surface area contributed by atoms with E-state index in [1.165, 1.54) is 6.92 Å². The number of aromatic nitrogens is 2. The predicted molar refractivity (Wildman–Crippen MR) is 55.1 cm³/mol. The lowest BCUT2D eigenvalue weighted by Crippen LogP contribution is -2.18. The first-order chi connectivity index (χ1) is 6.58. The average Bonchev–Trinajstić information content (AvgIpc) is 2.47. The number of carbonyl (C=O) groups excluding carboxylic acids is 1. The molecule has 5 heteroatoms. The Morgan fingerprint density at radius 3 is 2.93 bits per heavy atom. The molecule has 0 aliphatic heterocycles. The van der Waals surface area contributed by atoms with Crippen molar-refractivity contribution < 1.29 is 4.79 Å². The van der Waals surface area contributed by atoms with Crippen molar-refractivity contribution >= 4 is 11.6 Å². The fourth-order valence-corrected chi connectivity index (χ4v) is 1.06. The molecule has 1 amide bonds. The highest BCUT2D eigenvalue weighted by Gasteiger charge is 1.99. The molecule has 0 bridgehead atoms. The van der Waals surface area contributed by atoms with E-state index in [9.17, 15) is 4.79 Å². The summed E-state index contributed by atoms with van der Waals surface area (Å²) in [7, 11) is 4.02. The van der Waals surface area contributed by atoms with Crippen molar-refractivity contribution in [1.29, 1.82) is 0 Å². The summed E-state index contributed by atoms with van der Waals surface area (Å²) in [5.74, 6) is -0.0721. The molecular formula is C9H16N4O. The third-order valence-corrected chi connectivity index (χ3v) is 1.73. The van der Waals surface area contributed by atoms with E-state index < -0.39 is 0 Å². The molecule has 0 aliphatic carbocycles. The van der Waals surface area contributed by atoms with Crippen LogP contribution in [0.5, 0.6) is 0 Å². The molecule has 78 valence electrons. The van der Waals surface area contributed by atoms with Gasteiger partial charge in [0.1, 0.15) is 0 Å². The van der Waals surface area contributed by atoms with E-state index in [0.717, 1.165) is 18.8 Å². The number of hydrogen-bond donors (Lipinski definition) is 1. The summed E-state index contributed by atoms with van der Waals surface area (Å²) in [6, 6.07) is 0. The number of nitrogens with zero attached hydrogens (tertiary/aromatic N) is 3. The van der Waals surface area contributed by atoms with Crippen molar-refractivity contribution in [3.63, 3.8) is 0 Å². The first-order valence-electron chi connectivity index (χ1n) is 4.52. The van der Waals surface area contributed by atoms with E-state index in [1.54, 1.807) is 6.20 Å². The molecule has 1 aromatic heterocycles. The average molecular weight is 196 g/mol. The predicted octanol–water partition coefficient (Wildman–Crippen LogP) is 0.403. The van der Waals surface area contributed by atoms with E-state index >= 15 is 0 Å². The fourth-order valence-electron chi connectivity index (χ4n) is 1.06. The van der Waals surface area contributed by atoms with E-state index in [2.05, 4.69) is 15.3 Å². The SMILES string of the molecule is CC(=O)Nc1cnn(CCN(C)C)c1. The maximum absolute atomic E-state index is 10.7. The van der Waals surface area contributed by atoms with Crippen LogP contribution in [0.25, 0.3) is 0 Å². The zero-order valence-electron chi connectivity index (χ0n) is 8.82. The Kier molecular flexibility index (Phi) is 3.64. The number of carbonyl (C=O) groups is 1. The normalized spacial score (nSPS) is 10.6. The molecule has 1 N–H and O–H groups in total. The van der Waals surface area contributed by atoms with Crippen molar-refractivity contribution in [1.82, 2.24) is 14.7 Å². The first-order valence-corrected chi connectivity index (χ1v) is 4.52. The molecule has 1 aromatic rings. The van der Waals surface area contributed by atoms with E-state index in [4.69, 9.17) is 0 Å². The summed E-state index contributed by atoms with van der Waals surface area (Å²) >= 11 is 0. The molecule has 0 fully saturated rings. The Bertz CT molecular complexity index is 306. The van der Waals surface area contributed by atoms with Crippen molar-refractivity contribution in [3.8, 4) is 0 Å². The molecule has 14 heavy (non-hydrogen) atoms. The first kappa shape index (κ1) is 10.7. The third-order valence-electron chi connectivity index (χ3n) is 1.73. The van der Waals surface area contributed by atoms with Crippen molar-refractivity contribution in [2.75, 3.05) is 26.0 Å². The second-order valence-corrected chi connectivity index (χ2v) is 3.48. The summed E-state index contributed by atoms with van der Waals surface area (Å²) in [4.78, 5) is 12.8. The summed E-state index contributed by atoms with van der Waals surface area (Å²) in [5.41, 5.74) is 0.747. The van der Waals surface area contributed by atoms with Crippen LogP contribution in [0.4, 0.5) is 5.69 Å². The van der Waals surface area contributed by atoms with Crippen molar-refractivity contribution in [2.45, 2.75) is 13.5 Å². The van der Waals surface area contributed by atoms with Gasteiger partial charge in [-0.15, -0.1) is 0 Å².